The molecular weight excluding hydrogens is 299 g/mol. The van der Waals surface area contributed by atoms with E-state index in [-0.39, 0.29) is 22.2 Å². The molecule has 0 bridgehead atoms. The summed E-state index contributed by atoms with van der Waals surface area (Å²) in [7, 11) is 0. The number of hydrogen-bond donors (Lipinski definition) is 1. The normalized spacial score (nSPS) is 10.3. The summed E-state index contributed by atoms with van der Waals surface area (Å²) in [5.41, 5.74) is 7.19. The number of nitrogen functional groups attached to an aromatic ring is 1. The third kappa shape index (κ3) is 3.62. The van der Waals surface area contributed by atoms with Gasteiger partial charge in [-0.05, 0) is 29.8 Å². The van der Waals surface area contributed by atoms with Gasteiger partial charge in [0, 0.05) is 24.5 Å². The number of pyridine rings is 1. The molecule has 2 rings (SSSR count). The summed E-state index contributed by atoms with van der Waals surface area (Å²) in [6.45, 7) is 0.242. The van der Waals surface area contributed by atoms with Crippen molar-refractivity contribution in [2.45, 2.75) is 6.42 Å². The van der Waals surface area contributed by atoms with Gasteiger partial charge in [-0.3, -0.25) is 4.98 Å². The molecule has 0 atom stereocenters. The second kappa shape index (κ2) is 6.59. The van der Waals surface area contributed by atoms with Gasteiger partial charge in [0.2, 0.25) is 0 Å². The molecule has 20 heavy (non-hydrogen) atoms. The quantitative estimate of drug-likeness (QED) is 0.694. The molecule has 2 N–H and O–H groups in total. The smallest absolute Gasteiger partial charge is 0.339 e. The molecule has 0 aliphatic rings. The van der Waals surface area contributed by atoms with Gasteiger partial charge in [0.05, 0.1) is 22.2 Å². The monoisotopic (exact) mass is 310 g/mol. The first-order chi connectivity index (χ1) is 9.58. The van der Waals surface area contributed by atoms with Crippen LogP contribution in [-0.2, 0) is 11.2 Å². The first-order valence-corrected chi connectivity index (χ1v) is 6.64. The van der Waals surface area contributed by atoms with Gasteiger partial charge in [-0.2, -0.15) is 0 Å². The lowest BCUT2D eigenvalue weighted by Gasteiger charge is -2.08. The van der Waals surface area contributed by atoms with E-state index in [2.05, 4.69) is 4.98 Å². The van der Waals surface area contributed by atoms with Crippen LogP contribution in [0.2, 0.25) is 10.0 Å². The summed E-state index contributed by atoms with van der Waals surface area (Å²) in [5.74, 6) is -0.543. The molecule has 0 fully saturated rings. The third-order valence-electron chi connectivity index (χ3n) is 2.64. The Balaban J connectivity index is 1.99. The van der Waals surface area contributed by atoms with Crippen LogP contribution in [0, 0.1) is 0 Å². The molecule has 6 heteroatoms. The summed E-state index contributed by atoms with van der Waals surface area (Å²) in [6.07, 6.45) is 3.97. The molecule has 4 nitrogen and oxygen atoms in total. The van der Waals surface area contributed by atoms with Crippen LogP contribution < -0.4 is 5.73 Å². The zero-order valence-corrected chi connectivity index (χ0v) is 12.0. The fourth-order valence-electron chi connectivity index (χ4n) is 1.65. The summed E-state index contributed by atoms with van der Waals surface area (Å²) >= 11 is 11.8. The van der Waals surface area contributed by atoms with Gasteiger partial charge >= 0.3 is 5.97 Å². The summed E-state index contributed by atoms with van der Waals surface area (Å²) in [5, 5.41) is 0.377. The highest BCUT2D eigenvalue weighted by atomic mass is 35.5. The van der Waals surface area contributed by atoms with Crippen molar-refractivity contribution in [1.29, 1.82) is 0 Å². The second-order valence-corrected chi connectivity index (χ2v) is 4.89. The van der Waals surface area contributed by atoms with Crippen LogP contribution in [0.4, 0.5) is 5.69 Å². The largest absolute Gasteiger partial charge is 0.462 e. The molecule has 0 unspecified atom stereocenters. The van der Waals surface area contributed by atoms with Gasteiger partial charge in [0.1, 0.15) is 0 Å². The minimum absolute atomic E-state index is 0.148. The summed E-state index contributed by atoms with van der Waals surface area (Å²) < 4.78 is 5.16. The molecule has 0 radical (unpaired) electrons. The van der Waals surface area contributed by atoms with Crippen molar-refractivity contribution in [2.24, 2.45) is 0 Å². The number of halogens is 2. The number of benzene rings is 1. The Morgan fingerprint density at radius 2 is 1.95 bits per heavy atom. The van der Waals surface area contributed by atoms with Crippen LogP contribution in [0.1, 0.15) is 15.9 Å². The van der Waals surface area contributed by atoms with E-state index in [0.717, 1.165) is 5.56 Å². The van der Waals surface area contributed by atoms with E-state index < -0.39 is 5.97 Å². The minimum Gasteiger partial charge on any atom is -0.462 e. The lowest BCUT2D eigenvalue weighted by molar-refractivity contribution is 0.0509. The van der Waals surface area contributed by atoms with Gasteiger partial charge < -0.3 is 10.5 Å². The fraction of sp³-hybridized carbons (Fsp3) is 0.143. The molecular formula is C14H12Cl2N2O2. The van der Waals surface area contributed by atoms with Crippen LogP contribution in [-0.4, -0.2) is 17.6 Å². The molecule has 0 amide bonds. The highest BCUT2D eigenvalue weighted by Crippen LogP contribution is 2.29. The molecule has 1 aromatic carbocycles. The molecule has 0 saturated carbocycles. The van der Waals surface area contributed by atoms with E-state index in [1.165, 1.54) is 12.1 Å². The Morgan fingerprint density at radius 3 is 2.65 bits per heavy atom. The average Bonchev–Trinajstić information content (AvgIpc) is 2.44. The number of anilines is 1. The maximum absolute atomic E-state index is 11.9. The zero-order valence-electron chi connectivity index (χ0n) is 10.5. The Bertz CT molecular complexity index is 618. The predicted molar refractivity (Wildman–Crippen MR) is 79.1 cm³/mol. The predicted octanol–water partition coefficient (Wildman–Crippen LogP) is 3.37. The Morgan fingerprint density at radius 1 is 1.25 bits per heavy atom. The molecule has 0 aliphatic carbocycles. The van der Waals surface area contributed by atoms with Crippen molar-refractivity contribution < 1.29 is 9.53 Å². The minimum atomic E-state index is -0.543. The highest BCUT2D eigenvalue weighted by molar-refractivity contribution is 6.44. The van der Waals surface area contributed by atoms with Crippen LogP contribution in [0.25, 0.3) is 0 Å². The van der Waals surface area contributed by atoms with Crippen LogP contribution in [0.15, 0.2) is 36.7 Å². The molecule has 0 spiro atoms. The van der Waals surface area contributed by atoms with Crippen LogP contribution >= 0.6 is 23.2 Å². The Kier molecular flexibility index (Phi) is 4.82. The first kappa shape index (κ1) is 14.6. The molecule has 104 valence electrons. The van der Waals surface area contributed by atoms with Gasteiger partial charge in [-0.1, -0.05) is 23.2 Å². The van der Waals surface area contributed by atoms with Gasteiger partial charge in [0.25, 0.3) is 0 Å². The average molecular weight is 311 g/mol. The maximum Gasteiger partial charge on any atom is 0.339 e. The number of aromatic nitrogens is 1. The van der Waals surface area contributed by atoms with E-state index in [4.69, 9.17) is 33.7 Å². The molecule has 2 aromatic rings. The van der Waals surface area contributed by atoms with E-state index in [1.54, 1.807) is 12.4 Å². The lowest BCUT2D eigenvalue weighted by atomic mass is 10.2. The van der Waals surface area contributed by atoms with Gasteiger partial charge in [-0.25, -0.2) is 4.79 Å². The van der Waals surface area contributed by atoms with Crippen molar-refractivity contribution in [3.05, 3.63) is 57.8 Å². The van der Waals surface area contributed by atoms with Gasteiger partial charge in [-0.15, -0.1) is 0 Å². The number of nitrogens with two attached hydrogens (primary N) is 1. The van der Waals surface area contributed by atoms with E-state index >= 15 is 0 Å². The summed E-state index contributed by atoms with van der Waals surface area (Å²) in [4.78, 5) is 15.8. The van der Waals surface area contributed by atoms with Crippen molar-refractivity contribution in [1.82, 2.24) is 4.98 Å². The van der Waals surface area contributed by atoms with Crippen molar-refractivity contribution in [3.63, 3.8) is 0 Å². The Hall–Kier alpha value is -1.78. The number of hydrogen-bond acceptors (Lipinski definition) is 4. The summed E-state index contributed by atoms with van der Waals surface area (Å²) in [6, 6.07) is 6.65. The zero-order chi connectivity index (χ0) is 14.5. The number of carbonyl (C=O) groups excluding carboxylic acids is 1. The molecule has 1 heterocycles. The van der Waals surface area contributed by atoms with Crippen molar-refractivity contribution in [2.75, 3.05) is 12.3 Å². The van der Waals surface area contributed by atoms with Crippen LogP contribution in [0.3, 0.4) is 0 Å². The molecule has 0 saturated heterocycles. The van der Waals surface area contributed by atoms with Gasteiger partial charge in [0.15, 0.2) is 0 Å². The Labute approximate surface area is 126 Å². The second-order valence-electron chi connectivity index (χ2n) is 4.11. The SMILES string of the molecule is Nc1cc(Cl)c(Cl)c(C(=O)OCCc2ccncc2)c1. The molecule has 0 aliphatic heterocycles. The third-order valence-corrected chi connectivity index (χ3v) is 3.45. The number of carbonyl (C=O) groups is 1. The first-order valence-electron chi connectivity index (χ1n) is 5.88. The van der Waals surface area contributed by atoms with Crippen molar-refractivity contribution in [3.8, 4) is 0 Å². The van der Waals surface area contributed by atoms with Crippen molar-refractivity contribution >= 4 is 34.9 Å². The highest BCUT2D eigenvalue weighted by Gasteiger charge is 2.15. The van der Waals surface area contributed by atoms with Crippen LogP contribution in [0.5, 0.6) is 0 Å². The lowest BCUT2D eigenvalue weighted by Crippen LogP contribution is -2.09. The molecule has 1 aromatic heterocycles. The topological polar surface area (TPSA) is 65.2 Å². The van der Waals surface area contributed by atoms with E-state index in [1.807, 2.05) is 12.1 Å². The maximum atomic E-state index is 11.9. The standard InChI is InChI=1S/C14H12Cl2N2O2/c15-12-8-10(17)7-11(13(12)16)14(19)20-6-3-9-1-4-18-5-2-9/h1-2,4-5,7-8H,3,6,17H2. The van der Waals surface area contributed by atoms with E-state index in [0.29, 0.717) is 12.1 Å². The number of rotatable bonds is 4. The number of nitrogens with zero attached hydrogens (tertiary/aromatic N) is 1. The number of ether oxygens (including phenoxy) is 1. The fourth-order valence-corrected chi connectivity index (χ4v) is 2.06. The van der Waals surface area contributed by atoms with E-state index in [9.17, 15) is 4.79 Å². The number of esters is 1.